The molecule has 1 aromatic heterocycles. The maximum atomic E-state index is 13.2. The van der Waals surface area contributed by atoms with Crippen LogP contribution in [0, 0.1) is 11.3 Å². The van der Waals surface area contributed by atoms with Gasteiger partial charge in [0.25, 0.3) is 0 Å². The van der Waals surface area contributed by atoms with Crippen LogP contribution in [0.5, 0.6) is 0 Å². The van der Waals surface area contributed by atoms with Gasteiger partial charge >= 0.3 is 0 Å². The molecule has 5 rings (SSSR count). The second-order valence-corrected chi connectivity index (χ2v) is 9.14. The first-order chi connectivity index (χ1) is 15.5. The molecule has 1 aromatic carbocycles. The van der Waals surface area contributed by atoms with Gasteiger partial charge in [-0.05, 0) is 47.2 Å². The SMILES string of the molecule is O=C(Cn1cnnn1)N1CCC2(CC1)CCN(C(=O)C1CC(=O)N(c3ccccc3)C1)C2. The molecule has 3 amide bonds. The quantitative estimate of drug-likeness (QED) is 0.693. The van der Waals surface area contributed by atoms with Crippen molar-refractivity contribution in [3.8, 4) is 0 Å². The van der Waals surface area contributed by atoms with Crippen molar-refractivity contribution < 1.29 is 14.4 Å². The number of piperidine rings is 1. The lowest BCUT2D eigenvalue weighted by atomic mass is 9.77. The fourth-order valence-corrected chi connectivity index (χ4v) is 5.24. The molecule has 3 aliphatic rings. The number of benzene rings is 1. The van der Waals surface area contributed by atoms with Crippen LogP contribution < -0.4 is 4.90 Å². The van der Waals surface area contributed by atoms with Crippen LogP contribution in [0.3, 0.4) is 0 Å². The predicted octanol–water partition coefficient (Wildman–Crippen LogP) is 0.567. The van der Waals surface area contributed by atoms with Gasteiger partial charge in [0, 0.05) is 44.8 Å². The molecule has 1 spiro atoms. The number of amides is 3. The maximum Gasteiger partial charge on any atom is 0.244 e. The fraction of sp³-hybridized carbons (Fsp3) is 0.545. The van der Waals surface area contributed by atoms with Crippen molar-refractivity contribution >= 4 is 23.4 Å². The summed E-state index contributed by atoms with van der Waals surface area (Å²) >= 11 is 0. The second-order valence-electron chi connectivity index (χ2n) is 9.14. The highest BCUT2D eigenvalue weighted by Gasteiger charge is 2.45. The first kappa shape index (κ1) is 20.6. The largest absolute Gasteiger partial charge is 0.342 e. The molecule has 0 radical (unpaired) electrons. The molecule has 1 atom stereocenters. The minimum absolute atomic E-state index is 0.0119. The molecular weight excluding hydrogens is 410 g/mol. The molecule has 2 aromatic rings. The van der Waals surface area contributed by atoms with E-state index < -0.39 is 0 Å². The average molecular weight is 438 g/mol. The van der Waals surface area contributed by atoms with E-state index in [9.17, 15) is 14.4 Å². The highest BCUT2D eigenvalue weighted by molar-refractivity contribution is 6.00. The van der Waals surface area contributed by atoms with E-state index in [0.717, 1.165) is 38.0 Å². The van der Waals surface area contributed by atoms with Gasteiger partial charge in [-0.1, -0.05) is 18.2 Å². The molecule has 1 unspecified atom stereocenters. The average Bonchev–Trinajstić information content (AvgIpc) is 3.55. The van der Waals surface area contributed by atoms with Crippen molar-refractivity contribution in [1.29, 1.82) is 0 Å². The van der Waals surface area contributed by atoms with Gasteiger partial charge in [-0.15, -0.1) is 5.10 Å². The van der Waals surface area contributed by atoms with E-state index >= 15 is 0 Å². The van der Waals surface area contributed by atoms with Crippen LogP contribution in [-0.2, 0) is 20.9 Å². The summed E-state index contributed by atoms with van der Waals surface area (Å²) < 4.78 is 1.43. The Kier molecular flexibility index (Phi) is 5.36. The van der Waals surface area contributed by atoms with Crippen LogP contribution in [0.4, 0.5) is 5.69 Å². The third-order valence-electron chi connectivity index (χ3n) is 7.16. The van der Waals surface area contributed by atoms with Crippen molar-refractivity contribution in [3.63, 3.8) is 0 Å². The number of carbonyl (C=O) groups excluding carboxylic acids is 3. The van der Waals surface area contributed by atoms with Gasteiger partial charge in [-0.2, -0.15) is 0 Å². The Balaban J connectivity index is 1.15. The van der Waals surface area contributed by atoms with Gasteiger partial charge in [0.05, 0.1) is 5.92 Å². The number of rotatable bonds is 4. The van der Waals surface area contributed by atoms with E-state index in [-0.39, 0.29) is 42.0 Å². The minimum atomic E-state index is -0.282. The van der Waals surface area contributed by atoms with E-state index in [2.05, 4.69) is 15.5 Å². The molecule has 32 heavy (non-hydrogen) atoms. The number of anilines is 1. The van der Waals surface area contributed by atoms with Crippen molar-refractivity contribution in [2.75, 3.05) is 37.6 Å². The van der Waals surface area contributed by atoms with Crippen molar-refractivity contribution in [1.82, 2.24) is 30.0 Å². The van der Waals surface area contributed by atoms with Gasteiger partial charge < -0.3 is 14.7 Å². The molecule has 10 heteroatoms. The molecule has 10 nitrogen and oxygen atoms in total. The molecule has 3 aliphatic heterocycles. The summed E-state index contributed by atoms with van der Waals surface area (Å²) in [4.78, 5) is 43.8. The summed E-state index contributed by atoms with van der Waals surface area (Å²) in [5.74, 6) is -0.164. The smallest absolute Gasteiger partial charge is 0.244 e. The number of nitrogens with zero attached hydrogens (tertiary/aromatic N) is 7. The van der Waals surface area contributed by atoms with E-state index in [1.807, 2.05) is 40.1 Å². The molecule has 3 fully saturated rings. The summed E-state index contributed by atoms with van der Waals surface area (Å²) in [5.41, 5.74) is 0.924. The van der Waals surface area contributed by atoms with Crippen LogP contribution in [0.2, 0.25) is 0 Å². The first-order valence-corrected chi connectivity index (χ1v) is 11.2. The number of aromatic nitrogens is 4. The van der Waals surface area contributed by atoms with Crippen LogP contribution >= 0.6 is 0 Å². The Bertz CT molecular complexity index is 986. The number of likely N-dealkylation sites (tertiary alicyclic amines) is 2. The highest BCUT2D eigenvalue weighted by atomic mass is 16.2. The molecule has 0 bridgehead atoms. The molecule has 0 aliphatic carbocycles. The van der Waals surface area contributed by atoms with Crippen molar-refractivity contribution in [2.45, 2.75) is 32.2 Å². The van der Waals surface area contributed by atoms with Gasteiger partial charge in [0.2, 0.25) is 17.7 Å². The normalized spacial score (nSPS) is 22.7. The molecular formula is C22H27N7O3. The zero-order valence-electron chi connectivity index (χ0n) is 18.0. The summed E-state index contributed by atoms with van der Waals surface area (Å²) in [6.07, 6.45) is 4.44. The van der Waals surface area contributed by atoms with Crippen molar-refractivity contribution in [2.24, 2.45) is 11.3 Å². The summed E-state index contributed by atoms with van der Waals surface area (Å²) in [6, 6.07) is 9.54. The number of para-hydroxylation sites is 1. The fourth-order valence-electron chi connectivity index (χ4n) is 5.24. The first-order valence-electron chi connectivity index (χ1n) is 11.2. The molecule has 0 saturated carbocycles. The number of hydrogen-bond donors (Lipinski definition) is 0. The number of tetrazole rings is 1. The summed E-state index contributed by atoms with van der Waals surface area (Å²) in [6.45, 7) is 3.42. The monoisotopic (exact) mass is 437 g/mol. The van der Waals surface area contributed by atoms with E-state index in [1.54, 1.807) is 4.90 Å². The molecule has 0 N–H and O–H groups in total. The Morgan fingerprint density at radius 2 is 1.75 bits per heavy atom. The lowest BCUT2D eigenvalue weighted by Crippen LogP contribution is -2.46. The van der Waals surface area contributed by atoms with Gasteiger partial charge in [0.15, 0.2) is 0 Å². The maximum absolute atomic E-state index is 13.2. The van der Waals surface area contributed by atoms with Crippen LogP contribution in [0.1, 0.15) is 25.7 Å². The van der Waals surface area contributed by atoms with Crippen LogP contribution in [0.25, 0.3) is 0 Å². The lowest BCUT2D eigenvalue weighted by molar-refractivity contribution is -0.137. The van der Waals surface area contributed by atoms with Gasteiger partial charge in [0.1, 0.15) is 12.9 Å². The Labute approximate surface area is 186 Å². The number of hydrogen-bond acceptors (Lipinski definition) is 6. The Morgan fingerprint density at radius 1 is 1.03 bits per heavy atom. The predicted molar refractivity (Wildman–Crippen MR) is 114 cm³/mol. The highest BCUT2D eigenvalue weighted by Crippen LogP contribution is 2.41. The van der Waals surface area contributed by atoms with Crippen LogP contribution in [0.15, 0.2) is 36.7 Å². The van der Waals surface area contributed by atoms with Gasteiger partial charge in [-0.3, -0.25) is 14.4 Å². The third kappa shape index (κ3) is 3.96. The second kappa shape index (κ2) is 8.33. The van der Waals surface area contributed by atoms with E-state index in [1.165, 1.54) is 11.0 Å². The lowest BCUT2D eigenvalue weighted by Gasteiger charge is -2.39. The molecule has 4 heterocycles. The Hall–Kier alpha value is -3.30. The number of carbonyl (C=O) groups is 3. The molecule has 168 valence electrons. The van der Waals surface area contributed by atoms with Crippen LogP contribution in [-0.4, -0.2) is 80.5 Å². The van der Waals surface area contributed by atoms with E-state index in [0.29, 0.717) is 19.6 Å². The molecule has 3 saturated heterocycles. The standard InChI is InChI=1S/C22H27N7O3/c30-19-12-17(13-29(19)18-4-2-1-3-5-18)21(32)27-11-8-22(15-27)6-9-26(10-7-22)20(31)14-28-16-23-24-25-28/h1-5,16-17H,6-15H2. The minimum Gasteiger partial charge on any atom is -0.342 e. The summed E-state index contributed by atoms with van der Waals surface area (Å²) in [7, 11) is 0. The zero-order valence-corrected chi connectivity index (χ0v) is 18.0. The summed E-state index contributed by atoms with van der Waals surface area (Å²) in [5, 5.41) is 10.9. The van der Waals surface area contributed by atoms with Gasteiger partial charge in [-0.25, -0.2) is 4.68 Å². The topological polar surface area (TPSA) is 105 Å². The zero-order chi connectivity index (χ0) is 22.1. The Morgan fingerprint density at radius 3 is 2.44 bits per heavy atom. The van der Waals surface area contributed by atoms with E-state index in [4.69, 9.17) is 0 Å². The van der Waals surface area contributed by atoms with Crippen molar-refractivity contribution in [3.05, 3.63) is 36.7 Å². The third-order valence-corrected chi connectivity index (χ3v) is 7.16.